The zero-order valence-corrected chi connectivity index (χ0v) is 8.20. The van der Waals surface area contributed by atoms with Gasteiger partial charge in [-0.05, 0) is 25.9 Å². The van der Waals surface area contributed by atoms with Gasteiger partial charge >= 0.3 is 0 Å². The second kappa shape index (κ2) is 11.7. The van der Waals surface area contributed by atoms with E-state index in [1.165, 1.54) is 12.8 Å². The second-order valence-corrected chi connectivity index (χ2v) is 2.41. The first-order valence-electron chi connectivity index (χ1n) is 4.45. The predicted molar refractivity (Wildman–Crippen MR) is 51.5 cm³/mol. The summed E-state index contributed by atoms with van der Waals surface area (Å²) in [5, 5.41) is 3.13. The summed E-state index contributed by atoms with van der Waals surface area (Å²) in [6.07, 6.45) is 2.62. The van der Waals surface area contributed by atoms with Gasteiger partial charge in [0.15, 0.2) is 0 Å². The van der Waals surface area contributed by atoms with Crippen molar-refractivity contribution < 1.29 is 1.43 Å². The highest BCUT2D eigenvalue weighted by Crippen LogP contribution is 2.03. The summed E-state index contributed by atoms with van der Waals surface area (Å²) in [4.78, 5) is 0. The van der Waals surface area contributed by atoms with Crippen LogP contribution in [0.2, 0.25) is 0 Å². The van der Waals surface area contributed by atoms with Crippen molar-refractivity contribution in [1.82, 2.24) is 5.32 Å². The highest BCUT2D eigenvalue weighted by molar-refractivity contribution is 4.50. The van der Waals surface area contributed by atoms with E-state index in [9.17, 15) is 0 Å². The molecule has 0 bridgehead atoms. The van der Waals surface area contributed by atoms with Crippen molar-refractivity contribution in [1.29, 1.82) is 0 Å². The largest absolute Gasteiger partial charge is 0.320 e. The average Bonchev–Trinajstić information content (AvgIpc) is 2.04. The van der Waals surface area contributed by atoms with Gasteiger partial charge in [-0.3, -0.25) is 0 Å². The van der Waals surface area contributed by atoms with Gasteiger partial charge in [0.2, 0.25) is 0 Å². The number of rotatable bonds is 4. The summed E-state index contributed by atoms with van der Waals surface area (Å²) in [6.45, 7) is 9.69. The Morgan fingerprint density at radius 3 is 2.20 bits per heavy atom. The Balaban J connectivity index is -0.000000196. The molecule has 0 saturated carbocycles. The topological polar surface area (TPSA) is 12.0 Å². The van der Waals surface area contributed by atoms with E-state index >= 15 is 0 Å². The van der Waals surface area contributed by atoms with Gasteiger partial charge in [0.1, 0.15) is 0 Å². The quantitative estimate of drug-likeness (QED) is 0.644. The summed E-state index contributed by atoms with van der Waals surface area (Å²) in [5.74, 6) is 0.891. The molecule has 1 N–H and O–H groups in total. The van der Waals surface area contributed by atoms with Crippen LogP contribution in [0.1, 0.15) is 42.0 Å². The molecule has 0 fully saturated rings. The Morgan fingerprint density at radius 1 is 1.40 bits per heavy atom. The number of hydrogen-bond acceptors (Lipinski definition) is 1. The van der Waals surface area contributed by atoms with Gasteiger partial charge < -0.3 is 5.32 Å². The van der Waals surface area contributed by atoms with E-state index in [1.54, 1.807) is 0 Å². The highest BCUT2D eigenvalue weighted by Gasteiger charge is 1.94. The lowest BCUT2D eigenvalue weighted by Gasteiger charge is -2.05. The summed E-state index contributed by atoms with van der Waals surface area (Å²) in [7, 11) is 2.00. The van der Waals surface area contributed by atoms with E-state index in [0.717, 1.165) is 12.5 Å². The molecular formula is C9H25N. The molecule has 0 radical (unpaired) electrons. The minimum atomic E-state index is 0. The fourth-order valence-electron chi connectivity index (χ4n) is 0.595. The van der Waals surface area contributed by atoms with Crippen LogP contribution in [-0.2, 0) is 0 Å². The fourth-order valence-corrected chi connectivity index (χ4v) is 0.595. The Morgan fingerprint density at radius 2 is 1.90 bits per heavy atom. The van der Waals surface area contributed by atoms with Crippen molar-refractivity contribution in [3.05, 3.63) is 0 Å². The molecule has 0 aromatic rings. The summed E-state index contributed by atoms with van der Waals surface area (Å²) < 4.78 is 0. The zero-order valence-electron chi connectivity index (χ0n) is 8.20. The lowest BCUT2D eigenvalue weighted by atomic mass is 10.1. The van der Waals surface area contributed by atoms with Crippen molar-refractivity contribution >= 4 is 0 Å². The van der Waals surface area contributed by atoms with Gasteiger partial charge in [-0.1, -0.05) is 34.1 Å². The van der Waals surface area contributed by atoms with E-state index in [2.05, 4.69) is 19.2 Å². The molecule has 1 nitrogen and oxygen atoms in total. The van der Waals surface area contributed by atoms with E-state index < -0.39 is 0 Å². The first kappa shape index (κ1) is 12.6. The Bertz CT molecular complexity index is 48.8. The SMILES string of the molecule is CC.CCC(C)CCNC.[HH]. The molecule has 0 aromatic carbocycles. The van der Waals surface area contributed by atoms with Gasteiger partial charge in [-0.2, -0.15) is 0 Å². The third kappa shape index (κ3) is 10.9. The van der Waals surface area contributed by atoms with Crippen LogP contribution in [0.25, 0.3) is 0 Å². The monoisotopic (exact) mass is 147 g/mol. The maximum absolute atomic E-state index is 3.13. The molecule has 0 aliphatic carbocycles. The van der Waals surface area contributed by atoms with Gasteiger partial charge in [-0.15, -0.1) is 0 Å². The van der Waals surface area contributed by atoms with E-state index in [4.69, 9.17) is 0 Å². The van der Waals surface area contributed by atoms with Crippen LogP contribution in [0.3, 0.4) is 0 Å². The number of nitrogens with one attached hydrogen (secondary N) is 1. The normalized spacial score (nSPS) is 11.7. The molecule has 1 heteroatoms. The average molecular weight is 147 g/mol. The van der Waals surface area contributed by atoms with Gasteiger partial charge in [0.25, 0.3) is 0 Å². The molecule has 0 rings (SSSR count). The molecule has 10 heavy (non-hydrogen) atoms. The van der Waals surface area contributed by atoms with Crippen LogP contribution in [0.5, 0.6) is 0 Å². The summed E-state index contributed by atoms with van der Waals surface area (Å²) in [6, 6.07) is 0. The minimum Gasteiger partial charge on any atom is -0.320 e. The van der Waals surface area contributed by atoms with Crippen LogP contribution in [0.15, 0.2) is 0 Å². The van der Waals surface area contributed by atoms with E-state index in [0.29, 0.717) is 0 Å². The van der Waals surface area contributed by atoms with Crippen LogP contribution in [-0.4, -0.2) is 13.6 Å². The van der Waals surface area contributed by atoms with Gasteiger partial charge in [0, 0.05) is 1.43 Å². The predicted octanol–water partition coefficient (Wildman–Crippen LogP) is 2.91. The van der Waals surface area contributed by atoms with Crippen LogP contribution in [0.4, 0.5) is 0 Å². The molecule has 0 heterocycles. The standard InChI is InChI=1S/C7H17N.C2H6.H2/c1-4-7(2)5-6-8-3;1-2;/h7-8H,4-6H2,1-3H3;1-2H3;1H. The van der Waals surface area contributed by atoms with Crippen LogP contribution < -0.4 is 5.32 Å². The number of hydrogen-bond donors (Lipinski definition) is 1. The lowest BCUT2D eigenvalue weighted by Crippen LogP contribution is -2.10. The lowest BCUT2D eigenvalue weighted by molar-refractivity contribution is 0.503. The van der Waals surface area contributed by atoms with Crippen molar-refractivity contribution in [2.24, 2.45) is 5.92 Å². The van der Waals surface area contributed by atoms with Crippen LogP contribution >= 0.6 is 0 Å². The van der Waals surface area contributed by atoms with Crippen LogP contribution in [0, 0.1) is 5.92 Å². The maximum Gasteiger partial charge on any atom is 0 e. The fraction of sp³-hybridized carbons (Fsp3) is 1.00. The van der Waals surface area contributed by atoms with Crippen molar-refractivity contribution in [3.8, 4) is 0 Å². The summed E-state index contributed by atoms with van der Waals surface area (Å²) >= 11 is 0. The maximum atomic E-state index is 3.13. The minimum absolute atomic E-state index is 0. The van der Waals surface area contributed by atoms with Gasteiger partial charge in [0.05, 0.1) is 0 Å². The smallest absolute Gasteiger partial charge is 0 e. The van der Waals surface area contributed by atoms with Crippen molar-refractivity contribution in [2.45, 2.75) is 40.5 Å². The Labute approximate surface area is 67.7 Å². The van der Waals surface area contributed by atoms with E-state index in [-0.39, 0.29) is 1.43 Å². The Kier molecular flexibility index (Phi) is 14.8. The van der Waals surface area contributed by atoms with Gasteiger partial charge in [-0.25, -0.2) is 0 Å². The molecule has 0 saturated heterocycles. The molecule has 0 spiro atoms. The Hall–Kier alpha value is -0.0400. The zero-order chi connectivity index (χ0) is 8.41. The molecule has 0 aliphatic heterocycles. The third-order valence-corrected chi connectivity index (χ3v) is 1.58. The molecule has 66 valence electrons. The molecule has 1 unspecified atom stereocenters. The molecule has 1 atom stereocenters. The summed E-state index contributed by atoms with van der Waals surface area (Å²) in [5.41, 5.74) is 0. The van der Waals surface area contributed by atoms with Crippen molar-refractivity contribution in [3.63, 3.8) is 0 Å². The van der Waals surface area contributed by atoms with Crippen molar-refractivity contribution in [2.75, 3.05) is 13.6 Å². The first-order valence-corrected chi connectivity index (χ1v) is 4.45. The molecule has 0 aromatic heterocycles. The van der Waals surface area contributed by atoms with E-state index in [1.807, 2.05) is 20.9 Å². The highest BCUT2D eigenvalue weighted by atomic mass is 14.8. The molecular weight excluding hydrogens is 122 g/mol. The first-order chi connectivity index (χ1) is 4.81. The second-order valence-electron chi connectivity index (χ2n) is 2.41. The molecule has 0 amide bonds. The third-order valence-electron chi connectivity index (χ3n) is 1.58. The molecule has 0 aliphatic rings.